The van der Waals surface area contributed by atoms with Crippen LogP contribution < -0.4 is 8.56 Å². The molecule has 0 aromatic carbocycles. The predicted octanol–water partition coefficient (Wildman–Crippen LogP) is 8.80. The predicted molar refractivity (Wildman–Crippen MR) is 158 cm³/mol. The summed E-state index contributed by atoms with van der Waals surface area (Å²) in [5.74, 6) is 6.76. The maximum Gasteiger partial charge on any atom is 0.314 e. The number of piperidine rings is 1. The Bertz CT molecular complexity index is 994. The number of hydrogen-bond donors (Lipinski definition) is 0. The zero-order valence-corrected chi connectivity index (χ0v) is 25.8. The van der Waals surface area contributed by atoms with Crippen LogP contribution in [0.2, 0.25) is 0 Å². The quantitative estimate of drug-likeness (QED) is 0.336. The van der Waals surface area contributed by atoms with E-state index in [4.69, 9.17) is 0 Å². The molecule has 0 N–H and O–H groups in total. The average Bonchev–Trinajstić information content (AvgIpc) is 3.42. The zero-order valence-electron chi connectivity index (χ0n) is 24.1. The van der Waals surface area contributed by atoms with Crippen LogP contribution in [0.1, 0.15) is 121 Å². The molecule has 0 bridgehead atoms. The molecule has 1 nitrogen and oxygen atoms in total. The summed E-state index contributed by atoms with van der Waals surface area (Å²) < 4.78 is 4.39. The fourth-order valence-corrected chi connectivity index (χ4v) is 13.7. The summed E-state index contributed by atoms with van der Waals surface area (Å²) >= 11 is 4.41. The van der Waals surface area contributed by atoms with Crippen LogP contribution in [0.4, 0.5) is 0 Å². The van der Waals surface area contributed by atoms with Gasteiger partial charge in [0.2, 0.25) is 0 Å². The molecule has 2 heterocycles. The summed E-state index contributed by atoms with van der Waals surface area (Å²) in [4.78, 5) is 3.59. The van der Waals surface area contributed by atoms with Gasteiger partial charge >= 0.3 is 3.98 Å². The monoisotopic (exact) mass is 528 g/mol. The molecule has 8 atom stereocenters. The Morgan fingerprint density at radius 3 is 2.36 bits per heavy atom. The van der Waals surface area contributed by atoms with Crippen molar-refractivity contribution in [3.63, 3.8) is 0 Å². The molecule has 5 aliphatic rings. The lowest BCUT2D eigenvalue weighted by atomic mass is 9.45. The average molecular weight is 529 g/mol. The van der Waals surface area contributed by atoms with E-state index in [0.29, 0.717) is 10.8 Å². The minimum atomic E-state index is 0.564. The fraction of sp³-hybridized carbons (Fsp3) is 0.909. The Balaban J connectivity index is 1.20. The van der Waals surface area contributed by atoms with Gasteiger partial charge in [0, 0.05) is 22.6 Å². The van der Waals surface area contributed by atoms with Crippen molar-refractivity contribution in [1.29, 1.82) is 0 Å². The van der Waals surface area contributed by atoms with Crippen molar-refractivity contribution < 1.29 is 0 Å². The van der Waals surface area contributed by atoms with Crippen LogP contribution in [0.3, 0.4) is 0 Å². The van der Waals surface area contributed by atoms with Gasteiger partial charge in [0.15, 0.2) is 0 Å². The lowest BCUT2D eigenvalue weighted by molar-refractivity contribution is -0.102. The largest absolute Gasteiger partial charge is 0.314 e. The van der Waals surface area contributed by atoms with E-state index < -0.39 is 0 Å². The lowest BCUT2D eigenvalue weighted by Gasteiger charge is -2.60. The molecule has 202 valence electrons. The third-order valence-electron chi connectivity index (χ3n) is 12.6. The Morgan fingerprint density at radius 1 is 0.833 bits per heavy atom. The van der Waals surface area contributed by atoms with Gasteiger partial charge < -0.3 is 0 Å². The van der Waals surface area contributed by atoms with Crippen LogP contribution in [-0.2, 0) is 12.8 Å². The van der Waals surface area contributed by atoms with E-state index in [1.54, 1.807) is 26.6 Å². The summed E-state index contributed by atoms with van der Waals surface area (Å²) in [5.41, 5.74) is 1.20. The summed E-state index contributed by atoms with van der Waals surface area (Å²) in [6, 6.07) is 0. The molecule has 3 heteroatoms. The van der Waals surface area contributed by atoms with Gasteiger partial charge in [-0.2, -0.15) is 0 Å². The van der Waals surface area contributed by atoms with Gasteiger partial charge in [-0.15, -0.1) is 0 Å². The van der Waals surface area contributed by atoms with Crippen molar-refractivity contribution >= 4 is 22.7 Å². The van der Waals surface area contributed by atoms with Crippen LogP contribution in [-0.4, -0.2) is 13.1 Å². The minimum absolute atomic E-state index is 0.564. The third kappa shape index (κ3) is 4.43. The standard InChI is InChI=1S/C33H54NS2/c1-22(2)10-9-11-23(3)26-14-15-27-25-13-12-24-20-29-30(36-31(35-29)34-18-7-6-8-19-34)21-33(24,5)28(25)16-17-32(26,27)4/h22-28H,6-21H2,1-5H3/q+1/t23-,24+,25+,26-,27+,28+,32-,33+/m1/s1. The molecule has 3 saturated carbocycles. The highest BCUT2D eigenvalue weighted by Gasteiger charge is 2.60. The Kier molecular flexibility index (Phi) is 7.33. The van der Waals surface area contributed by atoms with Crippen molar-refractivity contribution in [1.82, 2.24) is 4.58 Å². The smallest absolute Gasteiger partial charge is 0.212 e. The molecule has 0 amide bonds. The van der Waals surface area contributed by atoms with Gasteiger partial charge in [0.05, 0.1) is 0 Å². The highest BCUT2D eigenvalue weighted by Crippen LogP contribution is 2.68. The highest BCUT2D eigenvalue weighted by atomic mass is 32.2. The number of fused-ring (bicyclic) bond motifs is 6. The molecule has 1 aromatic heterocycles. The van der Waals surface area contributed by atoms with Gasteiger partial charge in [0.1, 0.15) is 13.1 Å². The van der Waals surface area contributed by atoms with E-state index in [1.807, 2.05) is 0 Å². The van der Waals surface area contributed by atoms with Crippen molar-refractivity contribution in [2.24, 2.45) is 52.3 Å². The van der Waals surface area contributed by atoms with Gasteiger partial charge in [0.25, 0.3) is 0 Å². The summed E-state index contributed by atoms with van der Waals surface area (Å²) in [6.45, 7) is 15.6. The number of nitrogens with zero attached hydrogens (tertiary/aromatic N) is 1. The van der Waals surface area contributed by atoms with E-state index in [0.717, 1.165) is 41.4 Å². The van der Waals surface area contributed by atoms with Gasteiger partial charge in [-0.1, -0.05) is 76.6 Å². The SMILES string of the molecule is CC(C)CCC[C@@H](C)[C@H]1CC[C@H]2[C@@H]3CC[C@H]4Cc5sc(=[N+]6CCCCC6)sc5C[C@]4(C)[C@H]3CC[C@]12C. The molecule has 4 aliphatic carbocycles. The van der Waals surface area contributed by atoms with E-state index in [2.05, 4.69) is 61.9 Å². The minimum Gasteiger partial charge on any atom is -0.212 e. The molecular weight excluding hydrogens is 475 g/mol. The molecule has 4 fully saturated rings. The second-order valence-corrected chi connectivity index (χ2v) is 17.4. The summed E-state index contributed by atoms with van der Waals surface area (Å²) in [5, 5.41) is 0. The Hall–Kier alpha value is -0.150. The molecule has 0 radical (unpaired) electrons. The lowest BCUT2D eigenvalue weighted by Crippen LogP contribution is -2.54. The maximum atomic E-state index is 2.77. The second-order valence-electron chi connectivity index (χ2n) is 14.9. The molecule has 1 saturated heterocycles. The molecular formula is C33H54NS2+. The molecule has 0 unspecified atom stereocenters. The van der Waals surface area contributed by atoms with Crippen LogP contribution >= 0.6 is 22.7 Å². The Morgan fingerprint density at radius 2 is 1.58 bits per heavy atom. The first-order chi connectivity index (χ1) is 17.3. The fourth-order valence-electron chi connectivity index (χ4n) is 10.6. The molecule has 0 spiro atoms. The van der Waals surface area contributed by atoms with Crippen molar-refractivity contribution in [2.75, 3.05) is 13.1 Å². The Labute approximate surface area is 230 Å². The molecule has 36 heavy (non-hydrogen) atoms. The summed E-state index contributed by atoms with van der Waals surface area (Å²) in [6.07, 6.45) is 20.6. The van der Waals surface area contributed by atoms with E-state index in [9.17, 15) is 0 Å². The van der Waals surface area contributed by atoms with Gasteiger partial charge in [-0.25, -0.2) is 4.58 Å². The first-order valence-electron chi connectivity index (χ1n) is 16.0. The molecule has 1 aliphatic heterocycles. The van der Waals surface area contributed by atoms with Crippen molar-refractivity contribution in [2.45, 2.75) is 125 Å². The van der Waals surface area contributed by atoms with Crippen LogP contribution in [0, 0.1) is 52.3 Å². The van der Waals surface area contributed by atoms with Crippen LogP contribution in [0.5, 0.6) is 0 Å². The normalized spacial score (nSPS) is 40.9. The molecule has 6 rings (SSSR count). The number of rotatable bonds is 5. The van der Waals surface area contributed by atoms with Crippen LogP contribution in [0.25, 0.3) is 0 Å². The maximum absolute atomic E-state index is 2.77. The second kappa shape index (κ2) is 10.1. The summed E-state index contributed by atoms with van der Waals surface area (Å²) in [7, 11) is 0. The third-order valence-corrected chi connectivity index (χ3v) is 15.4. The zero-order chi connectivity index (χ0) is 25.1. The number of hydrogen-bond acceptors (Lipinski definition) is 2. The van der Waals surface area contributed by atoms with E-state index >= 15 is 0 Å². The van der Waals surface area contributed by atoms with E-state index in [1.165, 1.54) is 90.1 Å². The van der Waals surface area contributed by atoms with Gasteiger partial charge in [-0.3, -0.25) is 0 Å². The van der Waals surface area contributed by atoms with Crippen molar-refractivity contribution in [3.8, 4) is 0 Å². The topological polar surface area (TPSA) is 3.01 Å². The highest BCUT2D eigenvalue weighted by molar-refractivity contribution is 7.27. The van der Waals surface area contributed by atoms with Crippen molar-refractivity contribution in [3.05, 3.63) is 13.7 Å². The first kappa shape index (κ1) is 26.1. The van der Waals surface area contributed by atoms with Crippen LogP contribution in [0.15, 0.2) is 0 Å². The van der Waals surface area contributed by atoms with Gasteiger partial charge in [-0.05, 0) is 110 Å². The van der Waals surface area contributed by atoms with E-state index in [-0.39, 0.29) is 0 Å². The molecule has 1 aromatic rings. The first-order valence-corrected chi connectivity index (χ1v) is 17.6.